The number of nitrogens with two attached hydrogens (primary N) is 1. The van der Waals surface area contributed by atoms with Crippen LogP contribution in [0.2, 0.25) is 0 Å². The monoisotopic (exact) mass is 241 g/mol. The summed E-state index contributed by atoms with van der Waals surface area (Å²) in [6.45, 7) is 6.38. The minimum Gasteiger partial charge on any atom is -0.462 e. The minimum absolute atomic E-state index is 0.278. The molecule has 16 heavy (non-hydrogen) atoms. The maximum Gasteiger partial charge on any atom is 0.341 e. The lowest BCUT2D eigenvalue weighted by molar-refractivity contribution is 0.0527. The summed E-state index contributed by atoms with van der Waals surface area (Å²) in [5.74, 6) is -0.278. The normalized spacial score (nSPS) is 10.4. The number of thiophene rings is 1. The molecule has 0 aromatic carbocycles. The fourth-order valence-corrected chi connectivity index (χ4v) is 2.81. The number of carbonyl (C=O) groups excluding carboxylic acids is 1. The first-order chi connectivity index (χ1) is 7.65. The van der Waals surface area contributed by atoms with Gasteiger partial charge in [0.1, 0.15) is 5.00 Å². The summed E-state index contributed by atoms with van der Waals surface area (Å²) >= 11 is 1.51. The molecule has 1 rings (SSSR count). The van der Waals surface area contributed by atoms with Gasteiger partial charge in [-0.25, -0.2) is 4.79 Å². The molecule has 0 aliphatic rings. The smallest absolute Gasteiger partial charge is 0.341 e. The van der Waals surface area contributed by atoms with Gasteiger partial charge in [-0.05, 0) is 25.3 Å². The predicted octanol–water partition coefficient (Wildman–Crippen LogP) is 3.02. The van der Waals surface area contributed by atoms with Gasteiger partial charge in [-0.1, -0.05) is 20.3 Å². The van der Waals surface area contributed by atoms with Gasteiger partial charge in [-0.3, -0.25) is 0 Å². The van der Waals surface area contributed by atoms with Gasteiger partial charge in [-0.15, -0.1) is 11.3 Å². The summed E-state index contributed by atoms with van der Waals surface area (Å²) in [7, 11) is 0. The van der Waals surface area contributed by atoms with E-state index in [4.69, 9.17) is 10.5 Å². The van der Waals surface area contributed by atoms with E-state index in [1.54, 1.807) is 6.92 Å². The average molecular weight is 241 g/mol. The summed E-state index contributed by atoms with van der Waals surface area (Å²) in [4.78, 5) is 13.0. The summed E-state index contributed by atoms with van der Waals surface area (Å²) in [6.07, 6.45) is 2.82. The Labute approximate surface area is 101 Å². The number of aryl methyl sites for hydroxylation is 1. The van der Waals surface area contributed by atoms with Crippen molar-refractivity contribution in [3.8, 4) is 0 Å². The molecular weight excluding hydrogens is 222 g/mol. The Kier molecular flexibility index (Phi) is 4.80. The van der Waals surface area contributed by atoms with Crippen LogP contribution in [0.4, 0.5) is 5.00 Å². The SMILES string of the molecule is CCCc1c(CC)sc(N)c1C(=O)OCC. The summed E-state index contributed by atoms with van der Waals surface area (Å²) in [5.41, 5.74) is 7.59. The number of rotatable bonds is 5. The van der Waals surface area contributed by atoms with Gasteiger partial charge in [0, 0.05) is 4.88 Å². The second kappa shape index (κ2) is 5.89. The van der Waals surface area contributed by atoms with Gasteiger partial charge in [0.05, 0.1) is 12.2 Å². The summed E-state index contributed by atoms with van der Waals surface area (Å²) in [5, 5.41) is 0.596. The molecule has 1 aromatic heterocycles. The lowest BCUT2D eigenvalue weighted by atomic mass is 10.0. The van der Waals surface area contributed by atoms with E-state index in [9.17, 15) is 4.79 Å². The molecular formula is C12H19NO2S. The van der Waals surface area contributed by atoms with Gasteiger partial charge in [0.25, 0.3) is 0 Å². The highest BCUT2D eigenvalue weighted by molar-refractivity contribution is 7.16. The standard InChI is InChI=1S/C12H19NO2S/c1-4-7-8-9(5-2)16-11(13)10(8)12(14)15-6-3/h4-7,13H2,1-3H3. The van der Waals surface area contributed by atoms with E-state index in [1.807, 2.05) is 0 Å². The molecule has 0 unspecified atom stereocenters. The first kappa shape index (κ1) is 13.0. The van der Waals surface area contributed by atoms with E-state index in [1.165, 1.54) is 16.2 Å². The molecule has 4 heteroatoms. The van der Waals surface area contributed by atoms with E-state index in [0.717, 1.165) is 24.8 Å². The Morgan fingerprint density at radius 3 is 2.56 bits per heavy atom. The number of esters is 1. The lowest BCUT2D eigenvalue weighted by Gasteiger charge is -2.05. The van der Waals surface area contributed by atoms with E-state index in [-0.39, 0.29) is 5.97 Å². The Morgan fingerprint density at radius 1 is 1.38 bits per heavy atom. The molecule has 0 atom stereocenters. The van der Waals surface area contributed by atoms with E-state index in [2.05, 4.69) is 13.8 Å². The number of ether oxygens (including phenoxy) is 1. The number of nitrogen functional groups attached to an aromatic ring is 1. The topological polar surface area (TPSA) is 52.3 Å². The van der Waals surface area contributed by atoms with Crippen LogP contribution in [-0.2, 0) is 17.6 Å². The van der Waals surface area contributed by atoms with Gasteiger partial charge in [0.15, 0.2) is 0 Å². The fourth-order valence-electron chi connectivity index (χ4n) is 1.76. The molecule has 0 saturated heterocycles. The molecule has 0 radical (unpaired) electrons. The van der Waals surface area contributed by atoms with Gasteiger partial charge in [-0.2, -0.15) is 0 Å². The largest absolute Gasteiger partial charge is 0.462 e. The second-order valence-corrected chi connectivity index (χ2v) is 4.70. The van der Waals surface area contributed by atoms with Crippen molar-refractivity contribution in [2.24, 2.45) is 0 Å². The van der Waals surface area contributed by atoms with Crippen LogP contribution in [0.1, 0.15) is 48.0 Å². The van der Waals surface area contributed by atoms with Crippen molar-refractivity contribution < 1.29 is 9.53 Å². The number of hydrogen-bond donors (Lipinski definition) is 1. The first-order valence-corrected chi connectivity index (χ1v) is 6.54. The molecule has 0 bridgehead atoms. The first-order valence-electron chi connectivity index (χ1n) is 5.72. The third-order valence-corrected chi connectivity index (χ3v) is 3.62. The van der Waals surface area contributed by atoms with Crippen molar-refractivity contribution in [2.45, 2.75) is 40.0 Å². The number of hydrogen-bond acceptors (Lipinski definition) is 4. The Bertz CT molecular complexity index is 371. The van der Waals surface area contributed by atoms with Crippen molar-refractivity contribution in [3.63, 3.8) is 0 Å². The number of carbonyl (C=O) groups is 1. The molecule has 0 aliphatic carbocycles. The molecule has 3 nitrogen and oxygen atoms in total. The average Bonchev–Trinajstić information content (AvgIpc) is 2.56. The van der Waals surface area contributed by atoms with E-state index < -0.39 is 0 Å². The van der Waals surface area contributed by atoms with Crippen LogP contribution in [0, 0.1) is 0 Å². The second-order valence-electron chi connectivity index (χ2n) is 3.57. The highest BCUT2D eigenvalue weighted by atomic mass is 32.1. The van der Waals surface area contributed by atoms with Crippen molar-refractivity contribution >= 4 is 22.3 Å². The zero-order chi connectivity index (χ0) is 12.1. The fraction of sp³-hybridized carbons (Fsp3) is 0.583. The summed E-state index contributed by atoms with van der Waals surface area (Å²) < 4.78 is 5.04. The molecule has 0 fully saturated rings. The molecule has 0 aliphatic heterocycles. The van der Waals surface area contributed by atoms with Crippen molar-refractivity contribution in [1.82, 2.24) is 0 Å². The Morgan fingerprint density at radius 2 is 2.06 bits per heavy atom. The van der Waals surface area contributed by atoms with Crippen LogP contribution >= 0.6 is 11.3 Å². The van der Waals surface area contributed by atoms with Crippen molar-refractivity contribution in [1.29, 1.82) is 0 Å². The maximum atomic E-state index is 11.8. The third-order valence-electron chi connectivity index (χ3n) is 2.42. The zero-order valence-corrected chi connectivity index (χ0v) is 10.9. The van der Waals surface area contributed by atoms with Crippen LogP contribution < -0.4 is 5.73 Å². The summed E-state index contributed by atoms with van der Waals surface area (Å²) in [6, 6.07) is 0. The van der Waals surface area contributed by atoms with Crippen molar-refractivity contribution in [2.75, 3.05) is 12.3 Å². The third kappa shape index (κ3) is 2.55. The van der Waals surface area contributed by atoms with Crippen LogP contribution in [0.3, 0.4) is 0 Å². The van der Waals surface area contributed by atoms with Crippen LogP contribution in [-0.4, -0.2) is 12.6 Å². The van der Waals surface area contributed by atoms with Gasteiger partial charge in [0.2, 0.25) is 0 Å². The van der Waals surface area contributed by atoms with E-state index in [0.29, 0.717) is 17.2 Å². The van der Waals surface area contributed by atoms with Crippen molar-refractivity contribution in [3.05, 3.63) is 16.0 Å². The van der Waals surface area contributed by atoms with Crippen LogP contribution in [0.25, 0.3) is 0 Å². The molecule has 1 aromatic rings. The highest BCUT2D eigenvalue weighted by Crippen LogP contribution is 2.33. The quantitative estimate of drug-likeness (QED) is 0.806. The van der Waals surface area contributed by atoms with Crippen LogP contribution in [0.15, 0.2) is 0 Å². The zero-order valence-electron chi connectivity index (χ0n) is 10.1. The lowest BCUT2D eigenvalue weighted by Crippen LogP contribution is -2.09. The molecule has 0 amide bonds. The Hall–Kier alpha value is -1.03. The van der Waals surface area contributed by atoms with E-state index >= 15 is 0 Å². The van der Waals surface area contributed by atoms with Crippen LogP contribution in [0.5, 0.6) is 0 Å². The van der Waals surface area contributed by atoms with Gasteiger partial charge >= 0.3 is 5.97 Å². The van der Waals surface area contributed by atoms with Gasteiger partial charge < -0.3 is 10.5 Å². The number of anilines is 1. The predicted molar refractivity (Wildman–Crippen MR) is 68.1 cm³/mol. The minimum atomic E-state index is -0.278. The molecule has 2 N–H and O–H groups in total. The molecule has 1 heterocycles. The maximum absolute atomic E-state index is 11.8. The molecule has 90 valence electrons. The highest BCUT2D eigenvalue weighted by Gasteiger charge is 2.21. The molecule has 0 saturated carbocycles. The molecule has 0 spiro atoms. The Balaban J connectivity index is 3.13.